The van der Waals surface area contributed by atoms with E-state index in [0.29, 0.717) is 23.0 Å². The summed E-state index contributed by atoms with van der Waals surface area (Å²) in [6.07, 6.45) is 1.32. The molecule has 24 heavy (non-hydrogen) atoms. The van der Waals surface area contributed by atoms with Gasteiger partial charge in [-0.2, -0.15) is 24.5 Å². The lowest BCUT2D eigenvalue weighted by molar-refractivity contribution is -0.0274. The number of hydrogen-bond donors (Lipinski definition) is 6. The van der Waals surface area contributed by atoms with Crippen LogP contribution in [-0.4, -0.2) is 46.7 Å². The minimum atomic E-state index is -4.85. The first-order valence-electron chi connectivity index (χ1n) is 6.72. The quantitative estimate of drug-likeness (QED) is 0.286. The third-order valence-corrected chi connectivity index (χ3v) is 5.82. The van der Waals surface area contributed by atoms with E-state index < -0.39 is 34.4 Å². The molecule has 0 spiro atoms. The van der Waals surface area contributed by atoms with Crippen molar-refractivity contribution in [3.8, 4) is 0 Å². The van der Waals surface area contributed by atoms with Crippen LogP contribution in [0.4, 0.5) is 0 Å². The first-order chi connectivity index (χ1) is 11.0. The van der Waals surface area contributed by atoms with Gasteiger partial charge in [0.15, 0.2) is 0 Å². The van der Waals surface area contributed by atoms with E-state index in [1.165, 1.54) is 4.57 Å². The van der Waals surface area contributed by atoms with Gasteiger partial charge in [0.25, 0.3) is 0 Å². The second kappa shape index (κ2) is 7.48. The molecule has 0 amide bonds. The number of nitrogens with one attached hydrogen (secondary N) is 1. The van der Waals surface area contributed by atoms with Crippen LogP contribution >= 0.6 is 28.6 Å². The van der Waals surface area contributed by atoms with Gasteiger partial charge in [-0.05, 0) is 19.8 Å². The van der Waals surface area contributed by atoms with Crippen LogP contribution in [0, 0.1) is 11.6 Å². The number of aryl methyl sites for hydroxylation is 1. The topological polar surface area (TPSA) is 167 Å². The van der Waals surface area contributed by atoms with Gasteiger partial charge in [-0.1, -0.05) is 12.2 Å². The summed E-state index contributed by atoms with van der Waals surface area (Å²) in [5.41, 5.74) is 0.271. The van der Waals surface area contributed by atoms with E-state index in [0.717, 1.165) is 0 Å². The summed E-state index contributed by atoms with van der Waals surface area (Å²) in [6.45, 7) is 1.40. The van der Waals surface area contributed by atoms with E-state index in [4.69, 9.17) is 31.6 Å². The van der Waals surface area contributed by atoms with Crippen LogP contribution in [-0.2, 0) is 13.6 Å². The molecule has 11 nitrogen and oxygen atoms in total. The van der Waals surface area contributed by atoms with Crippen LogP contribution in [0.15, 0.2) is 11.0 Å². The van der Waals surface area contributed by atoms with E-state index in [2.05, 4.69) is 13.8 Å². The average Bonchev–Trinajstić information content (AvgIpc) is 2.87. The maximum absolute atomic E-state index is 11.9. The second-order valence-corrected chi connectivity index (χ2v) is 8.48. The first kappa shape index (κ1) is 20.0. The molecule has 0 aromatic carbocycles. The van der Waals surface area contributed by atoms with Gasteiger partial charge < -0.3 is 4.74 Å². The lowest BCUT2D eigenvalue weighted by Gasteiger charge is -2.16. The number of rotatable bonds is 6. The molecule has 1 saturated heterocycles. The molecule has 0 aliphatic carbocycles. The van der Waals surface area contributed by atoms with Crippen LogP contribution in [0.1, 0.15) is 24.6 Å². The standard InChI is InChI=1S/C10H17N2O9P2S/c1-6-4-12(10(13)11-9(6)24)8-3-2-7(20-8)5-19-23(17,18)21-22(14,15)16/h4,7-8,14-18H,2-3,5H2,1H3/q+1/p+1. The zero-order valence-corrected chi connectivity index (χ0v) is 15.1. The Morgan fingerprint density at radius 1 is 1.38 bits per heavy atom. The Balaban J connectivity index is 1.95. The van der Waals surface area contributed by atoms with Crippen LogP contribution < -0.4 is 5.69 Å². The number of aromatic nitrogens is 2. The van der Waals surface area contributed by atoms with Gasteiger partial charge in [0.1, 0.15) is 17.5 Å². The van der Waals surface area contributed by atoms with Gasteiger partial charge in [0, 0.05) is 11.8 Å². The van der Waals surface area contributed by atoms with Crippen molar-refractivity contribution < 1.29 is 38.0 Å². The SMILES string of the molecule is Cc1cn(C2CCC(CO[P+](O)(O)O[P+](O)(O)O)O2)c(=O)[nH]c1=S. The maximum Gasteiger partial charge on any atom is 0.620 e. The van der Waals surface area contributed by atoms with E-state index in [-0.39, 0.29) is 6.61 Å². The summed E-state index contributed by atoms with van der Waals surface area (Å²) in [5.74, 6) is 0. The van der Waals surface area contributed by atoms with Crippen molar-refractivity contribution in [2.75, 3.05) is 6.61 Å². The van der Waals surface area contributed by atoms with Gasteiger partial charge in [0.2, 0.25) is 0 Å². The Labute approximate surface area is 142 Å². The smallest absolute Gasteiger partial charge is 0.352 e. The van der Waals surface area contributed by atoms with Crippen molar-refractivity contribution in [1.82, 2.24) is 9.55 Å². The van der Waals surface area contributed by atoms with E-state index >= 15 is 0 Å². The number of H-pyrrole nitrogens is 1. The molecule has 0 bridgehead atoms. The molecule has 1 aromatic heterocycles. The zero-order chi connectivity index (χ0) is 18.1. The van der Waals surface area contributed by atoms with Crippen molar-refractivity contribution in [2.45, 2.75) is 32.1 Å². The summed E-state index contributed by atoms with van der Waals surface area (Å²) >= 11 is 4.97. The molecular formula is C10H18N2O9P2S+2. The Bertz CT molecular complexity index is 701. The van der Waals surface area contributed by atoms with Crippen molar-refractivity contribution in [3.05, 3.63) is 26.9 Å². The molecule has 6 N–H and O–H groups in total. The van der Waals surface area contributed by atoms with Crippen molar-refractivity contribution in [3.63, 3.8) is 0 Å². The molecule has 0 saturated carbocycles. The molecule has 1 fully saturated rings. The molecule has 0 radical (unpaired) electrons. The fraction of sp³-hybridized carbons (Fsp3) is 0.600. The van der Waals surface area contributed by atoms with Crippen molar-refractivity contribution in [1.29, 1.82) is 0 Å². The van der Waals surface area contributed by atoms with Crippen molar-refractivity contribution >= 4 is 28.6 Å². The third-order valence-electron chi connectivity index (χ3n) is 3.19. The Morgan fingerprint density at radius 2 is 2.04 bits per heavy atom. The average molecular weight is 404 g/mol. The minimum absolute atomic E-state index is 0.338. The van der Waals surface area contributed by atoms with Crippen LogP contribution in [0.3, 0.4) is 0 Å². The highest BCUT2D eigenvalue weighted by Crippen LogP contribution is 2.67. The zero-order valence-electron chi connectivity index (χ0n) is 12.5. The summed E-state index contributed by atoms with van der Waals surface area (Å²) in [5, 5.41) is 0. The molecule has 2 rings (SSSR count). The second-order valence-electron chi connectivity index (χ2n) is 5.15. The Kier molecular flexibility index (Phi) is 6.22. The Morgan fingerprint density at radius 3 is 2.67 bits per heavy atom. The fourth-order valence-electron chi connectivity index (χ4n) is 2.16. The molecule has 1 aliphatic rings. The molecule has 2 unspecified atom stereocenters. The summed E-state index contributed by atoms with van der Waals surface area (Å²) in [7, 11) is -9.45. The lowest BCUT2D eigenvalue weighted by Crippen LogP contribution is -2.28. The highest BCUT2D eigenvalue weighted by atomic mass is 32.1. The minimum Gasteiger partial charge on any atom is -0.352 e. The highest BCUT2D eigenvalue weighted by Gasteiger charge is 2.58. The lowest BCUT2D eigenvalue weighted by atomic mass is 10.2. The predicted octanol–water partition coefficient (Wildman–Crippen LogP) is 0.242. The maximum atomic E-state index is 11.9. The molecular weight excluding hydrogens is 386 g/mol. The van der Waals surface area contributed by atoms with Gasteiger partial charge >= 0.3 is 22.0 Å². The van der Waals surface area contributed by atoms with E-state index in [1.54, 1.807) is 13.1 Å². The highest BCUT2D eigenvalue weighted by molar-refractivity contribution is 7.71. The molecule has 2 heterocycles. The summed E-state index contributed by atoms with van der Waals surface area (Å²) in [4.78, 5) is 59.1. The number of ether oxygens (including phenoxy) is 1. The fourth-order valence-corrected chi connectivity index (χ4v) is 3.99. The predicted molar refractivity (Wildman–Crippen MR) is 85.7 cm³/mol. The molecule has 1 aromatic rings. The molecule has 1 aliphatic heterocycles. The van der Waals surface area contributed by atoms with Crippen LogP contribution in [0.5, 0.6) is 0 Å². The third kappa shape index (κ3) is 5.58. The number of aromatic amines is 1. The number of nitrogens with zero attached hydrogens (tertiary/aromatic N) is 1. The van der Waals surface area contributed by atoms with Gasteiger partial charge in [-0.25, -0.2) is 4.79 Å². The monoisotopic (exact) mass is 404 g/mol. The van der Waals surface area contributed by atoms with Gasteiger partial charge in [0.05, 0.1) is 10.4 Å². The first-order valence-corrected chi connectivity index (χ1v) is 10.2. The number of hydrogen-bond acceptors (Lipinski definition) is 10. The normalized spacial score (nSPS) is 22.1. The van der Waals surface area contributed by atoms with Gasteiger partial charge in [-0.3, -0.25) is 9.55 Å². The van der Waals surface area contributed by atoms with E-state index in [9.17, 15) is 14.6 Å². The molecule has 2 atom stereocenters. The van der Waals surface area contributed by atoms with E-state index in [1.807, 2.05) is 0 Å². The van der Waals surface area contributed by atoms with Crippen LogP contribution in [0.25, 0.3) is 0 Å². The Hall–Kier alpha value is -0.360. The van der Waals surface area contributed by atoms with Crippen LogP contribution in [0.2, 0.25) is 0 Å². The van der Waals surface area contributed by atoms with Crippen molar-refractivity contribution in [2.24, 2.45) is 0 Å². The molecule has 14 heteroatoms. The molecule has 136 valence electrons. The largest absolute Gasteiger partial charge is 0.620 e. The summed E-state index contributed by atoms with van der Waals surface area (Å²) < 4.78 is 15.8. The summed E-state index contributed by atoms with van der Waals surface area (Å²) in [6, 6.07) is 0. The van der Waals surface area contributed by atoms with Gasteiger partial charge in [-0.15, -0.1) is 4.52 Å².